The molecule has 6 rings (SSSR count). The minimum Gasteiger partial charge on any atom is -0.426 e. The smallest absolute Gasteiger partial charge is 0.311 e. The monoisotopic (exact) mass is 926 g/mol. The lowest BCUT2D eigenvalue weighted by molar-refractivity contribution is -0.135. The number of esters is 2. The van der Waals surface area contributed by atoms with Gasteiger partial charge in [-0.1, -0.05) is 158 Å². The number of ether oxygens (including phenoxy) is 6. The van der Waals surface area contributed by atoms with Crippen molar-refractivity contribution in [2.45, 2.75) is 64.2 Å². The van der Waals surface area contributed by atoms with E-state index in [4.69, 9.17) is 28.4 Å². The minimum atomic E-state index is -0.879. The molecule has 6 aromatic carbocycles. The average molecular weight is 927 g/mol. The van der Waals surface area contributed by atoms with Crippen molar-refractivity contribution in [2.24, 2.45) is 0 Å². The molecule has 0 spiro atoms. The van der Waals surface area contributed by atoms with Gasteiger partial charge in [0.1, 0.15) is 11.5 Å². The van der Waals surface area contributed by atoms with Crippen molar-refractivity contribution in [1.82, 2.24) is 0 Å². The molecule has 0 bridgehead atoms. The summed E-state index contributed by atoms with van der Waals surface area (Å²) in [6.45, 7) is 5.22. The third-order valence-corrected chi connectivity index (χ3v) is 15.5. The lowest BCUT2D eigenvalue weighted by Gasteiger charge is -2.21. The van der Waals surface area contributed by atoms with Gasteiger partial charge in [0.05, 0.1) is 0 Å². The molecule has 346 valence electrons. The van der Waals surface area contributed by atoms with Gasteiger partial charge in [-0.05, 0) is 101 Å². The van der Waals surface area contributed by atoms with E-state index in [0.717, 1.165) is 62.3 Å². The largest absolute Gasteiger partial charge is 0.426 e. The quantitative estimate of drug-likeness (QED) is 0.0185. The van der Waals surface area contributed by atoms with Crippen LogP contribution in [0.2, 0.25) is 0 Å². The van der Waals surface area contributed by atoms with Crippen molar-refractivity contribution in [3.8, 4) is 11.5 Å². The highest BCUT2D eigenvalue weighted by Crippen LogP contribution is 2.37. The fourth-order valence-electron chi connectivity index (χ4n) is 7.24. The fraction of sp³-hybridized carbons (Fsp3) is 0.321. The van der Waals surface area contributed by atoms with Crippen LogP contribution in [0.4, 0.5) is 0 Å². The van der Waals surface area contributed by atoms with Gasteiger partial charge in [-0.2, -0.15) is 0 Å². The molecular formula is C56H64O8P2. The molecular weight excluding hydrogens is 863 g/mol. The molecule has 8 nitrogen and oxygen atoms in total. The van der Waals surface area contributed by atoms with E-state index in [1.54, 1.807) is 0 Å². The summed E-state index contributed by atoms with van der Waals surface area (Å²) in [6.07, 6.45) is 7.48. The Balaban J connectivity index is 0.718. The van der Waals surface area contributed by atoms with Crippen LogP contribution < -0.4 is 41.3 Å². The van der Waals surface area contributed by atoms with E-state index in [9.17, 15) is 9.59 Å². The number of carbonyl (C=O) groups excluding carboxylic acids is 2. The molecule has 0 N–H and O–H groups in total. The standard InChI is InChI=1S/C56H64O8P2/c57-55(63-51-33-13-15-35-53(51)65(47-25-5-1-6-26-47)48-27-7-2-8-28-48)37-23-45-61-43-21-19-41-59-39-17-18-40-60-42-20-22-44-62-46-24-38-56(58)64-52-34-14-16-36-54(52)66(49-29-9-3-10-30-49)50-31-11-4-12-32-50/h1-16,25-36H,17-24,37-46H2. The maximum absolute atomic E-state index is 12.9. The molecule has 0 unspecified atom stereocenters. The van der Waals surface area contributed by atoms with E-state index in [1.165, 1.54) is 21.2 Å². The number of hydrogen-bond acceptors (Lipinski definition) is 8. The van der Waals surface area contributed by atoms with Crippen molar-refractivity contribution in [3.05, 3.63) is 170 Å². The maximum atomic E-state index is 12.9. The zero-order chi connectivity index (χ0) is 45.7. The fourth-order valence-corrected chi connectivity index (χ4v) is 12.0. The van der Waals surface area contributed by atoms with E-state index in [2.05, 4.69) is 109 Å². The third-order valence-electron chi connectivity index (χ3n) is 10.5. The second-order valence-corrected chi connectivity index (χ2v) is 20.0. The summed E-state index contributed by atoms with van der Waals surface area (Å²) >= 11 is 0. The summed E-state index contributed by atoms with van der Waals surface area (Å²) in [5.41, 5.74) is 0. The van der Waals surface area contributed by atoms with Gasteiger partial charge in [0.2, 0.25) is 0 Å². The molecule has 0 aromatic heterocycles. The number of rotatable bonds is 31. The predicted octanol–water partition coefficient (Wildman–Crippen LogP) is 9.68. The Hall–Kier alpha value is -5.04. The normalized spacial score (nSPS) is 11.2. The highest BCUT2D eigenvalue weighted by atomic mass is 31.1. The van der Waals surface area contributed by atoms with Gasteiger partial charge >= 0.3 is 11.9 Å². The Morgan fingerprint density at radius 2 is 0.545 bits per heavy atom. The zero-order valence-electron chi connectivity index (χ0n) is 38.1. The molecule has 0 atom stereocenters. The van der Waals surface area contributed by atoms with Crippen LogP contribution in [0.5, 0.6) is 11.5 Å². The molecule has 0 saturated heterocycles. The molecule has 10 heteroatoms. The van der Waals surface area contributed by atoms with Crippen molar-refractivity contribution in [3.63, 3.8) is 0 Å². The molecule has 6 aromatic rings. The van der Waals surface area contributed by atoms with Gasteiger partial charge in [-0.15, -0.1) is 0 Å². The molecule has 66 heavy (non-hydrogen) atoms. The first-order chi connectivity index (χ1) is 32.7. The first-order valence-electron chi connectivity index (χ1n) is 23.4. The number of hydrogen-bond donors (Lipinski definition) is 0. The Bertz CT molecular complexity index is 2010. The summed E-state index contributed by atoms with van der Waals surface area (Å²) in [5, 5.41) is 6.89. The highest BCUT2D eigenvalue weighted by molar-refractivity contribution is 7.80. The summed E-state index contributed by atoms with van der Waals surface area (Å²) in [5.74, 6) is 0.752. The highest BCUT2D eigenvalue weighted by Gasteiger charge is 2.23. The predicted molar refractivity (Wildman–Crippen MR) is 271 cm³/mol. The van der Waals surface area contributed by atoms with Gasteiger partial charge in [-0.3, -0.25) is 9.59 Å². The van der Waals surface area contributed by atoms with Gasteiger partial charge < -0.3 is 28.4 Å². The van der Waals surface area contributed by atoms with Gasteiger partial charge in [0.15, 0.2) is 0 Å². The summed E-state index contributed by atoms with van der Waals surface area (Å²) in [7, 11) is -1.76. The van der Waals surface area contributed by atoms with E-state index in [-0.39, 0.29) is 11.9 Å². The van der Waals surface area contributed by atoms with Crippen LogP contribution in [-0.4, -0.2) is 64.8 Å². The molecule has 0 aliphatic heterocycles. The van der Waals surface area contributed by atoms with Crippen LogP contribution in [-0.2, 0) is 28.5 Å². The van der Waals surface area contributed by atoms with Gasteiger partial charge in [0.25, 0.3) is 0 Å². The minimum absolute atomic E-state index is 0.244. The molecule has 0 aliphatic carbocycles. The lowest BCUT2D eigenvalue weighted by atomic mass is 10.3. The van der Waals surface area contributed by atoms with E-state index < -0.39 is 15.8 Å². The van der Waals surface area contributed by atoms with Gasteiger partial charge in [0, 0.05) is 76.3 Å². The Morgan fingerprint density at radius 3 is 0.833 bits per heavy atom. The van der Waals surface area contributed by atoms with Crippen LogP contribution >= 0.6 is 15.8 Å². The Morgan fingerprint density at radius 1 is 0.303 bits per heavy atom. The van der Waals surface area contributed by atoms with Crippen molar-refractivity contribution >= 4 is 59.6 Å². The van der Waals surface area contributed by atoms with Crippen molar-refractivity contribution in [1.29, 1.82) is 0 Å². The topological polar surface area (TPSA) is 89.5 Å². The number of carbonyl (C=O) groups is 2. The summed E-state index contributed by atoms with van der Waals surface area (Å²) in [4.78, 5) is 25.7. The molecule has 0 heterocycles. The Labute approximate surface area is 394 Å². The van der Waals surface area contributed by atoms with Crippen molar-refractivity contribution < 1.29 is 38.0 Å². The second-order valence-electron chi connectivity index (χ2n) is 15.7. The first-order valence-corrected chi connectivity index (χ1v) is 26.1. The third kappa shape index (κ3) is 17.6. The summed E-state index contributed by atoms with van der Waals surface area (Å²) in [6, 6.07) is 57.4. The van der Waals surface area contributed by atoms with Crippen LogP contribution in [0, 0.1) is 0 Å². The van der Waals surface area contributed by atoms with Crippen LogP contribution in [0.3, 0.4) is 0 Å². The SMILES string of the molecule is O=C(CCCOCCCCOCCCCOCCCCOCCCC(=O)Oc1ccccc1P(c1ccccc1)c1ccccc1)Oc1ccccc1P(c1ccccc1)c1ccccc1. The zero-order valence-corrected chi connectivity index (χ0v) is 39.8. The maximum Gasteiger partial charge on any atom is 0.311 e. The number of benzene rings is 6. The molecule has 0 fully saturated rings. The van der Waals surface area contributed by atoms with E-state index in [0.29, 0.717) is 76.8 Å². The van der Waals surface area contributed by atoms with Gasteiger partial charge in [-0.25, -0.2) is 0 Å². The Kier molecular flexibility index (Phi) is 23.1. The van der Waals surface area contributed by atoms with E-state index >= 15 is 0 Å². The second kappa shape index (κ2) is 30.3. The van der Waals surface area contributed by atoms with Crippen molar-refractivity contribution in [2.75, 3.05) is 52.9 Å². The molecule has 0 aliphatic rings. The van der Waals surface area contributed by atoms with E-state index in [1.807, 2.05) is 60.7 Å². The lowest BCUT2D eigenvalue weighted by Crippen LogP contribution is -2.23. The van der Waals surface area contributed by atoms with Crippen LogP contribution in [0.1, 0.15) is 64.2 Å². The van der Waals surface area contributed by atoms with Crippen LogP contribution in [0.25, 0.3) is 0 Å². The first kappa shape index (κ1) is 50.4. The molecule has 0 amide bonds. The molecule has 0 radical (unpaired) electrons. The summed E-state index contributed by atoms with van der Waals surface area (Å²) < 4.78 is 35.1. The molecule has 0 saturated carbocycles. The van der Waals surface area contributed by atoms with Crippen LogP contribution in [0.15, 0.2) is 170 Å². The number of unbranched alkanes of at least 4 members (excludes halogenated alkanes) is 3. The number of para-hydroxylation sites is 2. The average Bonchev–Trinajstić information content (AvgIpc) is 3.35.